The van der Waals surface area contributed by atoms with Crippen LogP contribution in [0.15, 0.2) is 61.2 Å². The number of amides is 1. The van der Waals surface area contributed by atoms with Crippen LogP contribution in [0.25, 0.3) is 0 Å². The van der Waals surface area contributed by atoms with Crippen molar-refractivity contribution in [2.24, 2.45) is 0 Å². The first-order chi connectivity index (χ1) is 16.1. The summed E-state index contributed by atoms with van der Waals surface area (Å²) >= 11 is 6.20. The molecule has 1 fully saturated rings. The minimum absolute atomic E-state index is 0.0279. The molecular formula is C25H27ClN6O. The van der Waals surface area contributed by atoms with Gasteiger partial charge < -0.3 is 14.8 Å². The van der Waals surface area contributed by atoms with Crippen LogP contribution in [0.5, 0.6) is 0 Å². The summed E-state index contributed by atoms with van der Waals surface area (Å²) in [7, 11) is 0. The largest absolute Gasteiger partial charge is 0.385 e. The van der Waals surface area contributed by atoms with Gasteiger partial charge in [-0.3, -0.25) is 9.69 Å². The van der Waals surface area contributed by atoms with Crippen molar-refractivity contribution in [1.29, 1.82) is 5.26 Å². The number of nitrogens with zero attached hydrogens (tertiary/aromatic N) is 5. The molecule has 2 heterocycles. The molecule has 1 aromatic heterocycles. The molecule has 0 radical (unpaired) electrons. The van der Waals surface area contributed by atoms with Gasteiger partial charge in [0, 0.05) is 63.9 Å². The molecule has 0 spiro atoms. The molecule has 170 valence electrons. The highest BCUT2D eigenvalue weighted by molar-refractivity contribution is 6.33. The van der Waals surface area contributed by atoms with Crippen molar-refractivity contribution in [2.45, 2.75) is 19.5 Å². The molecule has 1 amide bonds. The molecule has 0 atom stereocenters. The molecule has 4 rings (SSSR count). The number of aromatic nitrogens is 2. The number of nitrogens with one attached hydrogen (secondary N) is 1. The third kappa shape index (κ3) is 5.92. The first kappa shape index (κ1) is 22.8. The van der Waals surface area contributed by atoms with Gasteiger partial charge in [0.2, 0.25) is 0 Å². The van der Waals surface area contributed by atoms with Crippen LogP contribution < -0.4 is 5.32 Å². The van der Waals surface area contributed by atoms with E-state index < -0.39 is 0 Å². The Balaban J connectivity index is 1.31. The number of carbonyl (C=O) groups excluding carboxylic acids is 1. The van der Waals surface area contributed by atoms with Gasteiger partial charge in [0.15, 0.2) is 0 Å². The summed E-state index contributed by atoms with van der Waals surface area (Å²) in [6, 6.07) is 15.4. The number of benzene rings is 2. The summed E-state index contributed by atoms with van der Waals surface area (Å²) in [5, 5.41) is 13.5. The summed E-state index contributed by atoms with van der Waals surface area (Å²) < 4.78 is 2.06. The van der Waals surface area contributed by atoms with E-state index in [1.54, 1.807) is 18.3 Å². The highest BCUT2D eigenvalue weighted by Crippen LogP contribution is 2.21. The van der Waals surface area contributed by atoms with Crippen LogP contribution in [-0.4, -0.2) is 58.0 Å². The molecule has 1 aliphatic heterocycles. The second-order valence-corrected chi connectivity index (χ2v) is 8.52. The topological polar surface area (TPSA) is 77.2 Å². The Morgan fingerprint density at radius 1 is 1.15 bits per heavy atom. The number of piperazine rings is 1. The molecule has 0 unspecified atom stereocenters. The molecule has 3 aromatic rings. The number of hydrogen-bond donors (Lipinski definition) is 1. The quantitative estimate of drug-likeness (QED) is 0.514. The Morgan fingerprint density at radius 3 is 2.70 bits per heavy atom. The molecule has 33 heavy (non-hydrogen) atoms. The van der Waals surface area contributed by atoms with Crippen LogP contribution >= 0.6 is 11.6 Å². The molecule has 8 heteroatoms. The van der Waals surface area contributed by atoms with Crippen LogP contribution in [0, 0.1) is 11.3 Å². The van der Waals surface area contributed by atoms with E-state index in [9.17, 15) is 10.1 Å². The van der Waals surface area contributed by atoms with Crippen LogP contribution in [-0.2, 0) is 13.1 Å². The van der Waals surface area contributed by atoms with Gasteiger partial charge in [0.05, 0.1) is 28.5 Å². The van der Waals surface area contributed by atoms with Crippen molar-refractivity contribution < 1.29 is 4.79 Å². The van der Waals surface area contributed by atoms with Crippen LogP contribution in [0.1, 0.15) is 27.9 Å². The van der Waals surface area contributed by atoms with E-state index in [2.05, 4.69) is 31.9 Å². The van der Waals surface area contributed by atoms with Crippen molar-refractivity contribution >= 4 is 23.2 Å². The molecule has 0 bridgehead atoms. The Kier molecular flexibility index (Phi) is 7.61. The average Bonchev–Trinajstić information content (AvgIpc) is 3.36. The lowest BCUT2D eigenvalue weighted by Gasteiger charge is -2.35. The van der Waals surface area contributed by atoms with Crippen molar-refractivity contribution in [2.75, 3.05) is 38.0 Å². The number of aryl methyl sites for hydroxylation is 1. The number of rotatable bonds is 8. The van der Waals surface area contributed by atoms with Gasteiger partial charge in [0.25, 0.3) is 5.91 Å². The minimum atomic E-state index is -0.0279. The highest BCUT2D eigenvalue weighted by atomic mass is 35.5. The van der Waals surface area contributed by atoms with Crippen LogP contribution in [0.2, 0.25) is 5.02 Å². The van der Waals surface area contributed by atoms with E-state index in [1.807, 2.05) is 41.7 Å². The van der Waals surface area contributed by atoms with Gasteiger partial charge in [-0.2, -0.15) is 5.26 Å². The Morgan fingerprint density at radius 2 is 1.97 bits per heavy atom. The minimum Gasteiger partial charge on any atom is -0.385 e. The van der Waals surface area contributed by atoms with E-state index >= 15 is 0 Å². The van der Waals surface area contributed by atoms with Crippen molar-refractivity contribution in [3.05, 3.63) is 82.9 Å². The van der Waals surface area contributed by atoms with Gasteiger partial charge in [-0.05, 0) is 42.3 Å². The molecule has 2 aromatic carbocycles. The molecule has 1 saturated heterocycles. The lowest BCUT2D eigenvalue weighted by molar-refractivity contribution is 0.0628. The van der Waals surface area contributed by atoms with E-state index in [-0.39, 0.29) is 5.91 Å². The second kappa shape index (κ2) is 11.0. The second-order valence-electron chi connectivity index (χ2n) is 8.11. The maximum atomic E-state index is 12.8. The lowest BCUT2D eigenvalue weighted by Crippen LogP contribution is -2.48. The molecule has 7 nitrogen and oxygen atoms in total. The SMILES string of the molecule is N#Cc1ccc(NCCCn2ccnc2)cc1CN1CCN(C(=O)c2ccccc2Cl)CC1. The van der Waals surface area contributed by atoms with Gasteiger partial charge in [0.1, 0.15) is 0 Å². The maximum absolute atomic E-state index is 12.8. The zero-order chi connectivity index (χ0) is 23.0. The normalized spacial score (nSPS) is 14.1. The predicted octanol–water partition coefficient (Wildman–Crippen LogP) is 3.87. The van der Waals surface area contributed by atoms with Gasteiger partial charge in [-0.15, -0.1) is 0 Å². The van der Waals surface area contributed by atoms with Gasteiger partial charge in [-0.25, -0.2) is 4.98 Å². The number of nitriles is 1. The van der Waals surface area contributed by atoms with Gasteiger partial charge in [-0.1, -0.05) is 23.7 Å². The third-order valence-electron chi connectivity index (χ3n) is 5.86. The van der Waals surface area contributed by atoms with E-state index in [4.69, 9.17) is 11.6 Å². The summed E-state index contributed by atoms with van der Waals surface area (Å²) in [6.07, 6.45) is 6.54. The molecule has 1 N–H and O–H groups in total. The summed E-state index contributed by atoms with van der Waals surface area (Å²) in [5.41, 5.74) is 3.25. The predicted molar refractivity (Wildman–Crippen MR) is 129 cm³/mol. The number of halogens is 1. The van der Waals surface area contributed by atoms with Crippen molar-refractivity contribution in [3.8, 4) is 6.07 Å². The standard InChI is InChI=1S/C25H27ClN6O/c26-24-5-2-1-4-23(24)25(33)32-14-12-30(13-15-32)18-21-16-22(7-6-20(21)17-27)29-8-3-10-31-11-9-28-19-31/h1-2,4-7,9,11,16,19,29H,3,8,10,12-15,18H2. The van der Waals surface area contributed by atoms with Crippen LogP contribution in [0.3, 0.4) is 0 Å². The fourth-order valence-electron chi connectivity index (χ4n) is 4.01. The summed E-state index contributed by atoms with van der Waals surface area (Å²) in [5.74, 6) is -0.0279. The number of carbonyl (C=O) groups is 1. The lowest BCUT2D eigenvalue weighted by atomic mass is 10.1. The fraction of sp³-hybridized carbons (Fsp3) is 0.320. The highest BCUT2D eigenvalue weighted by Gasteiger charge is 2.24. The van der Waals surface area contributed by atoms with Crippen molar-refractivity contribution in [1.82, 2.24) is 19.4 Å². The van der Waals surface area contributed by atoms with Crippen LogP contribution in [0.4, 0.5) is 5.69 Å². The first-order valence-corrected chi connectivity index (χ1v) is 11.5. The zero-order valence-corrected chi connectivity index (χ0v) is 19.2. The average molecular weight is 463 g/mol. The third-order valence-corrected chi connectivity index (χ3v) is 6.19. The van der Waals surface area contributed by atoms with Crippen molar-refractivity contribution in [3.63, 3.8) is 0 Å². The molecule has 0 saturated carbocycles. The van der Waals surface area contributed by atoms with Gasteiger partial charge >= 0.3 is 0 Å². The number of imidazole rings is 1. The smallest absolute Gasteiger partial charge is 0.255 e. The fourth-order valence-corrected chi connectivity index (χ4v) is 4.23. The molecule has 1 aliphatic rings. The monoisotopic (exact) mass is 462 g/mol. The van der Waals surface area contributed by atoms with E-state index in [0.29, 0.717) is 35.8 Å². The first-order valence-electron chi connectivity index (χ1n) is 11.1. The summed E-state index contributed by atoms with van der Waals surface area (Å²) in [6.45, 7) is 5.21. The Bertz CT molecular complexity index is 1120. The zero-order valence-electron chi connectivity index (χ0n) is 18.5. The van der Waals surface area contributed by atoms with E-state index in [0.717, 1.165) is 43.9 Å². The number of hydrogen-bond acceptors (Lipinski definition) is 5. The van der Waals surface area contributed by atoms with E-state index in [1.165, 1.54) is 0 Å². The molecular weight excluding hydrogens is 436 g/mol. The number of anilines is 1. The Labute approximate surface area is 199 Å². The maximum Gasteiger partial charge on any atom is 0.255 e. The molecule has 0 aliphatic carbocycles. The Hall–Kier alpha value is -3.34. The summed E-state index contributed by atoms with van der Waals surface area (Å²) in [4.78, 5) is 21.0.